The van der Waals surface area contributed by atoms with E-state index in [1.165, 1.54) is 0 Å². The number of rotatable bonds is 5. The quantitative estimate of drug-likeness (QED) is 0.755. The van der Waals surface area contributed by atoms with Crippen molar-refractivity contribution in [2.75, 3.05) is 13.7 Å². The van der Waals surface area contributed by atoms with Crippen LogP contribution in [0.2, 0.25) is 0 Å². The van der Waals surface area contributed by atoms with Crippen molar-refractivity contribution in [2.24, 2.45) is 0 Å². The van der Waals surface area contributed by atoms with Gasteiger partial charge in [-0.15, -0.1) is 0 Å². The maximum absolute atomic E-state index is 12.1. The fourth-order valence-electron chi connectivity index (χ4n) is 1.40. The van der Waals surface area contributed by atoms with Gasteiger partial charge in [-0.1, -0.05) is 6.92 Å². The van der Waals surface area contributed by atoms with Crippen LogP contribution in [0.3, 0.4) is 0 Å². The van der Waals surface area contributed by atoms with E-state index < -0.39 is 0 Å². The van der Waals surface area contributed by atoms with E-state index in [0.29, 0.717) is 12.2 Å². The molecule has 0 saturated heterocycles. The maximum Gasteiger partial charge on any atom is 0.252 e. The van der Waals surface area contributed by atoms with Crippen molar-refractivity contribution in [3.05, 3.63) is 31.8 Å². The molecule has 1 atom stereocenters. The van der Waals surface area contributed by atoms with E-state index in [1.807, 2.05) is 25.1 Å². The van der Waals surface area contributed by atoms with Crippen LogP contribution >= 0.6 is 38.5 Å². The van der Waals surface area contributed by atoms with E-state index in [-0.39, 0.29) is 11.9 Å². The minimum atomic E-state index is -0.0701. The van der Waals surface area contributed by atoms with E-state index in [0.717, 1.165) is 14.5 Å². The Bertz CT molecular complexity index is 398. The van der Waals surface area contributed by atoms with Gasteiger partial charge in [0.15, 0.2) is 0 Å². The summed E-state index contributed by atoms with van der Waals surface area (Å²) in [6.07, 6.45) is 0.848. The molecule has 1 aromatic rings. The van der Waals surface area contributed by atoms with Gasteiger partial charge in [-0.25, -0.2) is 0 Å². The molecule has 0 bridgehead atoms. The minimum absolute atomic E-state index is 0.0530. The summed E-state index contributed by atoms with van der Waals surface area (Å²) in [6.45, 7) is 2.55. The third-order valence-electron chi connectivity index (χ3n) is 2.37. The van der Waals surface area contributed by atoms with Gasteiger partial charge < -0.3 is 10.1 Å². The van der Waals surface area contributed by atoms with Crippen LogP contribution in [0.4, 0.5) is 0 Å². The molecule has 1 rings (SSSR count). The van der Waals surface area contributed by atoms with Crippen LogP contribution in [0.25, 0.3) is 0 Å². The van der Waals surface area contributed by atoms with Gasteiger partial charge in [0, 0.05) is 15.2 Å². The largest absolute Gasteiger partial charge is 0.383 e. The third kappa shape index (κ3) is 4.56. The molecule has 1 N–H and O–H groups in total. The Morgan fingerprint density at radius 3 is 2.88 bits per heavy atom. The molecule has 94 valence electrons. The lowest BCUT2D eigenvalue weighted by Crippen LogP contribution is -2.37. The number of halogens is 2. The number of benzene rings is 1. The van der Waals surface area contributed by atoms with Crippen molar-refractivity contribution in [3.8, 4) is 0 Å². The van der Waals surface area contributed by atoms with E-state index in [1.54, 1.807) is 7.11 Å². The average molecular weight is 412 g/mol. The van der Waals surface area contributed by atoms with Crippen LogP contribution in [0.15, 0.2) is 22.7 Å². The summed E-state index contributed by atoms with van der Waals surface area (Å²) in [5.41, 5.74) is 0.659. The zero-order valence-electron chi connectivity index (χ0n) is 9.80. The standard InChI is InChI=1S/C12H15BrINO2/c1-3-9(7-17-2)15-12(16)10-6-8(14)4-5-11(10)13/h4-6,9H,3,7H2,1-2H3,(H,15,16). The van der Waals surface area contributed by atoms with Gasteiger partial charge in [0.1, 0.15) is 0 Å². The van der Waals surface area contributed by atoms with Crippen LogP contribution in [0, 0.1) is 3.57 Å². The lowest BCUT2D eigenvalue weighted by Gasteiger charge is -2.16. The molecule has 1 amide bonds. The van der Waals surface area contributed by atoms with Gasteiger partial charge in [0.05, 0.1) is 18.2 Å². The number of amides is 1. The Morgan fingerprint density at radius 1 is 1.59 bits per heavy atom. The van der Waals surface area contributed by atoms with Crippen molar-refractivity contribution >= 4 is 44.4 Å². The zero-order chi connectivity index (χ0) is 12.8. The van der Waals surface area contributed by atoms with Gasteiger partial charge in [-0.2, -0.15) is 0 Å². The lowest BCUT2D eigenvalue weighted by atomic mass is 10.2. The Balaban J connectivity index is 2.78. The smallest absolute Gasteiger partial charge is 0.252 e. The Morgan fingerprint density at radius 2 is 2.29 bits per heavy atom. The van der Waals surface area contributed by atoms with Crippen LogP contribution < -0.4 is 5.32 Å². The van der Waals surface area contributed by atoms with E-state index >= 15 is 0 Å². The first-order valence-electron chi connectivity index (χ1n) is 5.33. The SMILES string of the molecule is CCC(COC)NC(=O)c1cc(I)ccc1Br. The van der Waals surface area contributed by atoms with Gasteiger partial charge in [0.2, 0.25) is 0 Å². The number of carbonyl (C=O) groups excluding carboxylic acids is 1. The summed E-state index contributed by atoms with van der Waals surface area (Å²) in [6, 6.07) is 5.75. The fourth-order valence-corrected chi connectivity index (χ4v) is 2.32. The predicted octanol–water partition coefficient (Wildman–Crippen LogP) is 3.21. The number of ether oxygens (including phenoxy) is 1. The van der Waals surface area contributed by atoms with E-state index in [9.17, 15) is 4.79 Å². The summed E-state index contributed by atoms with van der Waals surface area (Å²) in [7, 11) is 1.64. The lowest BCUT2D eigenvalue weighted by molar-refractivity contribution is 0.0894. The zero-order valence-corrected chi connectivity index (χ0v) is 13.5. The molecule has 0 spiro atoms. The molecule has 0 aliphatic rings. The molecule has 17 heavy (non-hydrogen) atoms. The first-order valence-corrected chi connectivity index (χ1v) is 7.20. The third-order valence-corrected chi connectivity index (χ3v) is 3.73. The predicted molar refractivity (Wildman–Crippen MR) is 80.3 cm³/mol. The van der Waals surface area contributed by atoms with Crippen molar-refractivity contribution in [2.45, 2.75) is 19.4 Å². The first kappa shape index (κ1) is 14.9. The van der Waals surface area contributed by atoms with Gasteiger partial charge >= 0.3 is 0 Å². The normalized spacial score (nSPS) is 12.2. The van der Waals surface area contributed by atoms with Crippen LogP contribution in [-0.4, -0.2) is 25.7 Å². The van der Waals surface area contributed by atoms with Gasteiger partial charge in [-0.05, 0) is 63.1 Å². The highest BCUT2D eigenvalue weighted by atomic mass is 127. The highest BCUT2D eigenvalue weighted by Crippen LogP contribution is 2.19. The molecule has 0 aliphatic heterocycles. The minimum Gasteiger partial charge on any atom is -0.383 e. The van der Waals surface area contributed by atoms with Gasteiger partial charge in [0.25, 0.3) is 5.91 Å². The summed E-state index contributed by atoms with van der Waals surface area (Å²) < 4.78 is 6.90. The summed E-state index contributed by atoms with van der Waals surface area (Å²) in [5.74, 6) is -0.0701. The molecule has 0 radical (unpaired) electrons. The van der Waals surface area contributed by atoms with Crippen molar-refractivity contribution in [1.29, 1.82) is 0 Å². The fraction of sp³-hybridized carbons (Fsp3) is 0.417. The number of methoxy groups -OCH3 is 1. The molecule has 0 aliphatic carbocycles. The molecule has 1 unspecified atom stereocenters. The molecular weight excluding hydrogens is 397 g/mol. The summed E-state index contributed by atoms with van der Waals surface area (Å²) in [5, 5.41) is 2.95. The van der Waals surface area contributed by atoms with Crippen molar-refractivity contribution in [1.82, 2.24) is 5.32 Å². The highest BCUT2D eigenvalue weighted by Gasteiger charge is 2.14. The molecule has 1 aromatic carbocycles. The summed E-state index contributed by atoms with van der Waals surface area (Å²) in [4.78, 5) is 12.1. The van der Waals surface area contributed by atoms with Crippen LogP contribution in [0.1, 0.15) is 23.7 Å². The van der Waals surface area contributed by atoms with Crippen LogP contribution in [0.5, 0.6) is 0 Å². The Hall–Kier alpha value is -0.140. The topological polar surface area (TPSA) is 38.3 Å². The molecule has 0 aromatic heterocycles. The number of hydrogen-bond donors (Lipinski definition) is 1. The molecule has 0 saturated carbocycles. The first-order chi connectivity index (χ1) is 8.08. The van der Waals surface area contributed by atoms with E-state index in [4.69, 9.17) is 4.74 Å². The maximum atomic E-state index is 12.1. The highest BCUT2D eigenvalue weighted by molar-refractivity contribution is 14.1. The molecular formula is C12H15BrINO2. The van der Waals surface area contributed by atoms with E-state index in [2.05, 4.69) is 43.8 Å². The van der Waals surface area contributed by atoms with Crippen LogP contribution in [-0.2, 0) is 4.74 Å². The average Bonchev–Trinajstić information content (AvgIpc) is 2.31. The second-order valence-corrected chi connectivity index (χ2v) is 5.76. The molecule has 5 heteroatoms. The number of carbonyl (C=O) groups is 1. The van der Waals surface area contributed by atoms with Crippen molar-refractivity contribution < 1.29 is 9.53 Å². The van der Waals surface area contributed by atoms with Crippen molar-refractivity contribution in [3.63, 3.8) is 0 Å². The molecule has 0 fully saturated rings. The van der Waals surface area contributed by atoms with Gasteiger partial charge in [-0.3, -0.25) is 4.79 Å². The second-order valence-electron chi connectivity index (χ2n) is 3.66. The molecule has 3 nitrogen and oxygen atoms in total. The molecule has 0 heterocycles. The number of nitrogens with one attached hydrogen (secondary N) is 1. The second kappa shape index (κ2) is 7.33. The monoisotopic (exact) mass is 411 g/mol. The number of hydrogen-bond acceptors (Lipinski definition) is 2. The Kier molecular flexibility index (Phi) is 6.43. The Labute approximate surface area is 124 Å². The summed E-state index contributed by atoms with van der Waals surface area (Å²) >= 11 is 5.58.